The van der Waals surface area contributed by atoms with E-state index in [1.165, 1.54) is 0 Å². The maximum Gasteiger partial charge on any atom is 0.241 e. The number of nitrogens with one attached hydrogen (secondary N) is 1. The molecule has 0 aliphatic carbocycles. The number of hydrogen-bond donors (Lipinski definition) is 1. The Bertz CT molecular complexity index is 808. The van der Waals surface area contributed by atoms with Crippen molar-refractivity contribution in [3.63, 3.8) is 0 Å². The van der Waals surface area contributed by atoms with Crippen molar-refractivity contribution in [1.82, 2.24) is 24.9 Å². The van der Waals surface area contributed by atoms with Crippen LogP contribution in [0.2, 0.25) is 0 Å². The van der Waals surface area contributed by atoms with Gasteiger partial charge in [-0.1, -0.05) is 30.3 Å². The van der Waals surface area contributed by atoms with Crippen LogP contribution in [0.4, 0.5) is 0 Å². The molecule has 1 aliphatic rings. The van der Waals surface area contributed by atoms with Crippen molar-refractivity contribution < 1.29 is 9.53 Å². The summed E-state index contributed by atoms with van der Waals surface area (Å²) in [6.45, 7) is 2.72. The summed E-state index contributed by atoms with van der Waals surface area (Å²) in [5, 5.41) is 7.47. The van der Waals surface area contributed by atoms with Crippen molar-refractivity contribution in [3.05, 3.63) is 53.9 Å². The fourth-order valence-corrected chi connectivity index (χ4v) is 2.98. The minimum atomic E-state index is -0.0734. The highest BCUT2D eigenvalue weighted by atomic mass is 127. The first-order valence-corrected chi connectivity index (χ1v) is 9.40. The average Bonchev–Trinajstić information content (AvgIpc) is 3.15. The number of aliphatic imine (C=N–C) groups is 1. The molecule has 1 aromatic heterocycles. The largest absolute Gasteiger partial charge is 0.370 e. The van der Waals surface area contributed by atoms with Gasteiger partial charge in [0.25, 0.3) is 0 Å². The highest BCUT2D eigenvalue weighted by molar-refractivity contribution is 14.0. The van der Waals surface area contributed by atoms with Gasteiger partial charge in [0.05, 0.1) is 32.4 Å². The molecule has 8 nitrogen and oxygen atoms in total. The first-order valence-electron chi connectivity index (χ1n) is 9.40. The molecule has 29 heavy (non-hydrogen) atoms. The fraction of sp³-hybridized carbons (Fsp3) is 0.450. The van der Waals surface area contributed by atoms with Crippen LogP contribution in [0.3, 0.4) is 0 Å². The summed E-state index contributed by atoms with van der Waals surface area (Å²) < 4.78 is 7.71. The molecule has 0 bridgehead atoms. The van der Waals surface area contributed by atoms with E-state index in [1.54, 1.807) is 23.7 Å². The lowest BCUT2D eigenvalue weighted by atomic mass is 10.1. The highest BCUT2D eigenvalue weighted by Crippen LogP contribution is 2.21. The van der Waals surface area contributed by atoms with Gasteiger partial charge in [-0.05, 0) is 5.56 Å². The zero-order valence-electron chi connectivity index (χ0n) is 17.1. The molecule has 1 amide bonds. The lowest BCUT2D eigenvalue weighted by molar-refractivity contribution is -0.127. The molecule has 2 heterocycles. The van der Waals surface area contributed by atoms with Gasteiger partial charge < -0.3 is 19.9 Å². The van der Waals surface area contributed by atoms with Crippen LogP contribution in [-0.2, 0) is 23.1 Å². The van der Waals surface area contributed by atoms with Crippen LogP contribution in [0, 0.1) is 0 Å². The van der Waals surface area contributed by atoms with Crippen LogP contribution in [0.5, 0.6) is 0 Å². The zero-order chi connectivity index (χ0) is 19.9. The minimum Gasteiger partial charge on any atom is -0.370 e. The van der Waals surface area contributed by atoms with E-state index in [0.717, 1.165) is 17.1 Å². The Labute approximate surface area is 188 Å². The van der Waals surface area contributed by atoms with E-state index < -0.39 is 0 Å². The Hall–Kier alpha value is -2.14. The molecular weight excluding hydrogens is 483 g/mol. The van der Waals surface area contributed by atoms with Gasteiger partial charge in [0.2, 0.25) is 5.91 Å². The van der Waals surface area contributed by atoms with Gasteiger partial charge in [0.15, 0.2) is 5.96 Å². The molecule has 1 aliphatic heterocycles. The van der Waals surface area contributed by atoms with Gasteiger partial charge in [-0.15, -0.1) is 24.0 Å². The molecule has 1 N–H and O–H groups in total. The molecule has 2 aromatic rings. The van der Waals surface area contributed by atoms with Crippen LogP contribution in [0.25, 0.3) is 0 Å². The summed E-state index contributed by atoms with van der Waals surface area (Å²) in [6.07, 6.45) is 3.73. The quantitative estimate of drug-likeness (QED) is 0.375. The van der Waals surface area contributed by atoms with E-state index in [1.807, 2.05) is 49.8 Å². The lowest BCUT2D eigenvalue weighted by Crippen LogP contribution is -2.50. The third-order valence-electron chi connectivity index (χ3n) is 4.61. The monoisotopic (exact) mass is 512 g/mol. The zero-order valence-corrected chi connectivity index (χ0v) is 19.4. The van der Waals surface area contributed by atoms with E-state index in [4.69, 9.17) is 9.73 Å². The topological polar surface area (TPSA) is 75.0 Å². The lowest BCUT2D eigenvalue weighted by Gasteiger charge is -2.35. The van der Waals surface area contributed by atoms with E-state index in [9.17, 15) is 4.79 Å². The second-order valence-electron chi connectivity index (χ2n) is 7.02. The normalized spacial score (nSPS) is 16.9. The molecule has 3 rings (SSSR count). The number of amides is 1. The number of benzene rings is 1. The van der Waals surface area contributed by atoms with Crippen molar-refractivity contribution >= 4 is 35.8 Å². The van der Waals surface area contributed by atoms with Gasteiger partial charge >= 0.3 is 0 Å². The summed E-state index contributed by atoms with van der Waals surface area (Å²) in [5.41, 5.74) is 2.16. The SMILES string of the molecule is CN(C)C(=O)CNC(=NCc1ccccc1)N1CCOC(c2cnn(C)c2)C1.I. The van der Waals surface area contributed by atoms with Crippen molar-refractivity contribution in [2.24, 2.45) is 12.0 Å². The summed E-state index contributed by atoms with van der Waals surface area (Å²) in [6, 6.07) is 10.1. The standard InChI is InChI=1S/C20H28N6O2.HI/c1-24(2)19(27)13-22-20(21-11-16-7-5-4-6-8-16)26-9-10-28-18(15-26)17-12-23-25(3)14-17;/h4-8,12,14,18H,9-11,13,15H2,1-3H3,(H,21,22);1H. The van der Waals surface area contributed by atoms with Gasteiger partial charge in [-0.2, -0.15) is 5.10 Å². The molecule has 1 atom stereocenters. The van der Waals surface area contributed by atoms with Crippen LogP contribution in [0.15, 0.2) is 47.7 Å². The van der Waals surface area contributed by atoms with Crippen molar-refractivity contribution in [2.45, 2.75) is 12.6 Å². The number of guanidine groups is 1. The van der Waals surface area contributed by atoms with Crippen molar-refractivity contribution in [2.75, 3.05) is 40.3 Å². The number of nitrogens with zero attached hydrogens (tertiary/aromatic N) is 5. The summed E-state index contributed by atoms with van der Waals surface area (Å²) in [5.74, 6) is 0.723. The predicted octanol–water partition coefficient (Wildman–Crippen LogP) is 1.65. The van der Waals surface area contributed by atoms with Crippen molar-refractivity contribution in [1.29, 1.82) is 0 Å². The molecule has 1 saturated heterocycles. The van der Waals surface area contributed by atoms with Gasteiger partial charge in [0, 0.05) is 39.4 Å². The molecular formula is C20H29IN6O2. The first kappa shape index (κ1) is 23.1. The number of morpholine rings is 1. The number of halogens is 1. The molecule has 0 saturated carbocycles. The maximum absolute atomic E-state index is 12.0. The van der Waals surface area contributed by atoms with Crippen LogP contribution in [0.1, 0.15) is 17.2 Å². The summed E-state index contributed by atoms with van der Waals surface area (Å²) in [7, 11) is 5.39. The second-order valence-corrected chi connectivity index (χ2v) is 7.02. The van der Waals surface area contributed by atoms with Gasteiger partial charge in [-0.25, -0.2) is 4.99 Å². The Morgan fingerprint density at radius 2 is 2.10 bits per heavy atom. The number of aryl methyl sites for hydroxylation is 1. The van der Waals surface area contributed by atoms with Crippen LogP contribution in [-0.4, -0.2) is 71.8 Å². The molecule has 9 heteroatoms. The molecule has 1 unspecified atom stereocenters. The van der Waals surface area contributed by atoms with Gasteiger partial charge in [-0.3, -0.25) is 9.48 Å². The van der Waals surface area contributed by atoms with E-state index in [2.05, 4.69) is 15.3 Å². The number of carbonyl (C=O) groups is 1. The molecule has 0 radical (unpaired) electrons. The Morgan fingerprint density at radius 1 is 1.34 bits per heavy atom. The number of likely N-dealkylation sites (N-methyl/N-ethyl adjacent to an activating group) is 1. The number of rotatable bonds is 5. The van der Waals surface area contributed by atoms with Crippen LogP contribution < -0.4 is 5.32 Å². The Morgan fingerprint density at radius 3 is 2.76 bits per heavy atom. The van der Waals surface area contributed by atoms with Gasteiger partial charge in [0.1, 0.15) is 6.10 Å². The Balaban J connectivity index is 0.00000300. The Kier molecular flexibility index (Phi) is 8.90. The molecule has 0 spiro atoms. The number of carbonyl (C=O) groups excluding carboxylic acids is 1. The first-order chi connectivity index (χ1) is 13.5. The molecule has 1 fully saturated rings. The average molecular weight is 512 g/mol. The molecule has 158 valence electrons. The summed E-state index contributed by atoms with van der Waals surface area (Å²) in [4.78, 5) is 20.5. The summed E-state index contributed by atoms with van der Waals surface area (Å²) >= 11 is 0. The predicted molar refractivity (Wildman–Crippen MR) is 123 cm³/mol. The van der Waals surface area contributed by atoms with Crippen molar-refractivity contribution in [3.8, 4) is 0 Å². The second kappa shape index (κ2) is 11.1. The third-order valence-corrected chi connectivity index (χ3v) is 4.61. The van der Waals surface area contributed by atoms with E-state index in [-0.39, 0.29) is 42.5 Å². The fourth-order valence-electron chi connectivity index (χ4n) is 2.98. The molecule has 1 aromatic carbocycles. The van der Waals surface area contributed by atoms with Crippen LogP contribution >= 0.6 is 24.0 Å². The number of ether oxygens (including phenoxy) is 1. The van der Waals surface area contributed by atoms with E-state index >= 15 is 0 Å². The maximum atomic E-state index is 12.0. The number of aromatic nitrogens is 2. The number of hydrogen-bond acceptors (Lipinski definition) is 4. The highest BCUT2D eigenvalue weighted by Gasteiger charge is 2.25. The minimum absolute atomic E-state index is 0. The smallest absolute Gasteiger partial charge is 0.241 e. The van der Waals surface area contributed by atoms with E-state index in [0.29, 0.717) is 26.2 Å². The third kappa shape index (κ3) is 6.70.